The lowest BCUT2D eigenvalue weighted by molar-refractivity contribution is 0.218. The molecule has 1 saturated heterocycles. The van der Waals surface area contributed by atoms with Gasteiger partial charge in [0.1, 0.15) is 0 Å². The summed E-state index contributed by atoms with van der Waals surface area (Å²) in [6.07, 6.45) is 5.83. The van der Waals surface area contributed by atoms with E-state index < -0.39 is 0 Å². The van der Waals surface area contributed by atoms with Gasteiger partial charge >= 0.3 is 0 Å². The Morgan fingerprint density at radius 3 is 2.17 bits per heavy atom. The van der Waals surface area contributed by atoms with E-state index in [4.69, 9.17) is 5.73 Å². The lowest BCUT2D eigenvalue weighted by atomic mass is 10.2. The van der Waals surface area contributed by atoms with Crippen molar-refractivity contribution >= 4 is 0 Å². The number of hydrogen-bond donors (Lipinski definition) is 1. The third kappa shape index (κ3) is 0.944. The van der Waals surface area contributed by atoms with Crippen molar-refractivity contribution in [3.05, 3.63) is 0 Å². The minimum atomic E-state index is 0.572. The molecule has 2 heteroatoms. The quantitative estimate of drug-likeness (QED) is 0.625. The van der Waals surface area contributed by atoms with E-state index in [0.717, 1.165) is 17.9 Å². The molecule has 0 aromatic carbocycles. The molecule has 2 nitrogen and oxygen atoms in total. The number of fused-ring (bicyclic) bond motifs is 1. The van der Waals surface area contributed by atoms with Gasteiger partial charge in [-0.1, -0.05) is 12.8 Å². The zero-order chi connectivity index (χ0) is 8.13. The van der Waals surface area contributed by atoms with Crippen molar-refractivity contribution in [1.82, 2.24) is 4.90 Å². The Morgan fingerprint density at radius 2 is 1.58 bits per heavy atom. The highest BCUT2D eigenvalue weighted by Gasteiger charge is 2.54. The molecule has 2 aliphatic carbocycles. The van der Waals surface area contributed by atoms with Crippen LogP contribution in [0, 0.1) is 11.8 Å². The first-order chi connectivity index (χ1) is 5.86. The van der Waals surface area contributed by atoms with Crippen molar-refractivity contribution in [1.29, 1.82) is 0 Å². The minimum Gasteiger partial charge on any atom is -0.327 e. The molecule has 0 aromatic heterocycles. The first kappa shape index (κ1) is 7.34. The molecular weight excluding hydrogens is 148 g/mol. The van der Waals surface area contributed by atoms with Gasteiger partial charge in [0, 0.05) is 25.2 Å². The highest BCUT2D eigenvalue weighted by molar-refractivity contribution is 5.09. The van der Waals surface area contributed by atoms with Gasteiger partial charge in [-0.2, -0.15) is 0 Å². The largest absolute Gasteiger partial charge is 0.327 e. The highest BCUT2D eigenvalue weighted by atomic mass is 15.2. The SMILES string of the molecule is NC1C2CN(C3CCCC3)CC12. The fourth-order valence-electron chi connectivity index (χ4n) is 3.17. The molecule has 1 heterocycles. The van der Waals surface area contributed by atoms with Crippen LogP contribution in [0.1, 0.15) is 25.7 Å². The minimum absolute atomic E-state index is 0.572. The van der Waals surface area contributed by atoms with E-state index in [1.54, 1.807) is 0 Å². The number of hydrogen-bond acceptors (Lipinski definition) is 2. The van der Waals surface area contributed by atoms with Gasteiger partial charge in [-0.3, -0.25) is 4.90 Å². The van der Waals surface area contributed by atoms with E-state index in [1.165, 1.54) is 38.8 Å². The third-order valence-electron chi connectivity index (χ3n) is 4.13. The molecule has 0 radical (unpaired) electrons. The van der Waals surface area contributed by atoms with E-state index in [0.29, 0.717) is 6.04 Å². The molecule has 0 amide bonds. The summed E-state index contributed by atoms with van der Waals surface area (Å²) in [6.45, 7) is 2.63. The second-order valence-electron chi connectivity index (χ2n) is 4.80. The molecule has 2 N–H and O–H groups in total. The fourth-order valence-corrected chi connectivity index (χ4v) is 3.17. The summed E-state index contributed by atoms with van der Waals surface area (Å²) in [5, 5.41) is 0. The standard InChI is InChI=1S/C10H18N2/c11-10-8-5-12(6-9(8)10)7-3-1-2-4-7/h7-10H,1-6,11H2. The Hall–Kier alpha value is -0.0800. The van der Waals surface area contributed by atoms with Gasteiger partial charge in [0.2, 0.25) is 0 Å². The van der Waals surface area contributed by atoms with Gasteiger partial charge in [-0.25, -0.2) is 0 Å². The van der Waals surface area contributed by atoms with E-state index in [1.807, 2.05) is 0 Å². The van der Waals surface area contributed by atoms with Crippen LogP contribution in [-0.2, 0) is 0 Å². The zero-order valence-corrected chi connectivity index (χ0v) is 7.58. The summed E-state index contributed by atoms with van der Waals surface area (Å²) >= 11 is 0. The molecule has 0 spiro atoms. The van der Waals surface area contributed by atoms with Gasteiger partial charge in [0.05, 0.1) is 0 Å². The van der Waals surface area contributed by atoms with Crippen LogP contribution in [0.2, 0.25) is 0 Å². The van der Waals surface area contributed by atoms with Crippen LogP contribution in [0.3, 0.4) is 0 Å². The Morgan fingerprint density at radius 1 is 1.00 bits per heavy atom. The van der Waals surface area contributed by atoms with Crippen LogP contribution in [0.15, 0.2) is 0 Å². The van der Waals surface area contributed by atoms with Gasteiger partial charge in [-0.15, -0.1) is 0 Å². The summed E-state index contributed by atoms with van der Waals surface area (Å²) in [5.74, 6) is 1.76. The Bertz CT molecular complexity index is 174. The van der Waals surface area contributed by atoms with Crippen LogP contribution in [0.4, 0.5) is 0 Å². The van der Waals surface area contributed by atoms with Crippen LogP contribution in [-0.4, -0.2) is 30.1 Å². The Kier molecular flexibility index (Phi) is 1.50. The molecule has 68 valence electrons. The maximum absolute atomic E-state index is 5.91. The molecule has 1 aliphatic heterocycles. The average Bonchev–Trinajstić information content (AvgIpc) is 2.66. The van der Waals surface area contributed by atoms with E-state index in [-0.39, 0.29) is 0 Å². The van der Waals surface area contributed by atoms with Crippen molar-refractivity contribution in [2.75, 3.05) is 13.1 Å². The molecule has 2 unspecified atom stereocenters. The number of piperidine rings is 1. The maximum atomic E-state index is 5.91. The molecule has 12 heavy (non-hydrogen) atoms. The van der Waals surface area contributed by atoms with Gasteiger partial charge in [0.25, 0.3) is 0 Å². The maximum Gasteiger partial charge on any atom is 0.0127 e. The van der Waals surface area contributed by atoms with Crippen LogP contribution < -0.4 is 5.73 Å². The van der Waals surface area contributed by atoms with Gasteiger partial charge < -0.3 is 5.73 Å². The monoisotopic (exact) mass is 166 g/mol. The van der Waals surface area contributed by atoms with Crippen molar-refractivity contribution < 1.29 is 0 Å². The van der Waals surface area contributed by atoms with Crippen LogP contribution in [0.25, 0.3) is 0 Å². The lowest BCUT2D eigenvalue weighted by Crippen LogP contribution is -2.35. The second kappa shape index (κ2) is 2.46. The highest BCUT2D eigenvalue weighted by Crippen LogP contribution is 2.45. The van der Waals surface area contributed by atoms with E-state index in [9.17, 15) is 0 Å². The molecule has 3 fully saturated rings. The van der Waals surface area contributed by atoms with Crippen LogP contribution >= 0.6 is 0 Å². The predicted octanol–water partition coefficient (Wildman–Crippen LogP) is 0.818. The van der Waals surface area contributed by atoms with Crippen molar-refractivity contribution in [3.63, 3.8) is 0 Å². The molecule has 3 rings (SSSR count). The van der Waals surface area contributed by atoms with Gasteiger partial charge in [0.15, 0.2) is 0 Å². The number of rotatable bonds is 1. The van der Waals surface area contributed by atoms with E-state index >= 15 is 0 Å². The Labute approximate surface area is 74.1 Å². The molecular formula is C10H18N2. The summed E-state index contributed by atoms with van der Waals surface area (Å²) in [4.78, 5) is 2.70. The van der Waals surface area contributed by atoms with Crippen LogP contribution in [0.5, 0.6) is 0 Å². The molecule has 0 bridgehead atoms. The Balaban J connectivity index is 1.60. The summed E-state index contributed by atoms with van der Waals surface area (Å²) < 4.78 is 0. The van der Waals surface area contributed by atoms with Crippen molar-refractivity contribution in [3.8, 4) is 0 Å². The van der Waals surface area contributed by atoms with Crippen molar-refractivity contribution in [2.24, 2.45) is 17.6 Å². The lowest BCUT2D eigenvalue weighted by Gasteiger charge is -2.25. The summed E-state index contributed by atoms with van der Waals surface area (Å²) in [6, 6.07) is 1.51. The van der Waals surface area contributed by atoms with E-state index in [2.05, 4.69) is 4.90 Å². The second-order valence-corrected chi connectivity index (χ2v) is 4.80. The number of nitrogens with two attached hydrogens (primary N) is 1. The molecule has 2 atom stereocenters. The summed E-state index contributed by atoms with van der Waals surface area (Å²) in [7, 11) is 0. The number of likely N-dealkylation sites (tertiary alicyclic amines) is 1. The number of nitrogens with zero attached hydrogens (tertiary/aromatic N) is 1. The van der Waals surface area contributed by atoms with Crippen molar-refractivity contribution in [2.45, 2.75) is 37.8 Å². The zero-order valence-electron chi connectivity index (χ0n) is 7.58. The molecule has 0 aromatic rings. The van der Waals surface area contributed by atoms with Gasteiger partial charge in [-0.05, 0) is 24.7 Å². The predicted molar refractivity (Wildman–Crippen MR) is 48.8 cm³/mol. The third-order valence-corrected chi connectivity index (χ3v) is 4.13. The average molecular weight is 166 g/mol. The normalized spacial score (nSPS) is 48.2. The smallest absolute Gasteiger partial charge is 0.0127 e. The fraction of sp³-hybridized carbons (Fsp3) is 1.00. The first-order valence-electron chi connectivity index (χ1n) is 5.36. The summed E-state index contributed by atoms with van der Waals surface area (Å²) in [5.41, 5.74) is 5.91. The topological polar surface area (TPSA) is 29.3 Å². The first-order valence-corrected chi connectivity index (χ1v) is 5.36. The molecule has 3 aliphatic rings. The molecule has 2 saturated carbocycles.